The van der Waals surface area contributed by atoms with E-state index in [0.29, 0.717) is 48.3 Å². The molecule has 0 spiro atoms. The molecule has 5 aliphatic rings. The third kappa shape index (κ3) is 5.07. The Morgan fingerprint density at radius 3 is 2.41 bits per heavy atom. The monoisotopic (exact) mass is 590 g/mol. The molecule has 0 radical (unpaired) electrons. The fourth-order valence-electron chi connectivity index (χ4n) is 11.4. The van der Waals surface area contributed by atoms with Crippen molar-refractivity contribution in [1.29, 1.82) is 0 Å². The van der Waals surface area contributed by atoms with Crippen molar-refractivity contribution in [2.75, 3.05) is 4.72 Å². The molecule has 1 aromatic heterocycles. The topological polar surface area (TPSA) is 128 Å². The van der Waals surface area contributed by atoms with Crippen molar-refractivity contribution in [3.8, 4) is 0 Å². The van der Waals surface area contributed by atoms with Crippen molar-refractivity contribution >= 4 is 16.0 Å². The highest BCUT2D eigenvalue weighted by atomic mass is 32.2. The summed E-state index contributed by atoms with van der Waals surface area (Å²) in [5.41, 5.74) is 0.401. The van der Waals surface area contributed by atoms with Crippen molar-refractivity contribution in [2.45, 2.75) is 135 Å². The molecule has 6 rings (SSSR count). The van der Waals surface area contributed by atoms with Gasteiger partial charge in [0, 0.05) is 6.42 Å². The molecule has 1 heterocycles. The van der Waals surface area contributed by atoms with Gasteiger partial charge in [0.15, 0.2) is 0 Å². The average Bonchev–Trinajstić information content (AvgIpc) is 3.53. The standard InChI is InChI=1S/C32H54N4O4S/c1-5-22-26-18-20(37)13-15-32(26,4)25-14-16-31(3)23(11-12-24(31)28(25)29(22)38)19(2)17-27-33-30(35-34-27)36-41(39,40)21-9-7-6-8-10-21/h19-26,28-29,37-38H,5-18H2,1-4H3,(H2,33,34,35,36)/t19-,20-,22-,23-,24+,25+,26+,28+,29-,31-,32-/m1/s1. The van der Waals surface area contributed by atoms with E-state index in [-0.39, 0.29) is 40.2 Å². The number of aliphatic hydroxyl groups excluding tert-OH is 2. The maximum absolute atomic E-state index is 12.9. The van der Waals surface area contributed by atoms with Crippen LogP contribution in [-0.2, 0) is 16.4 Å². The van der Waals surface area contributed by atoms with E-state index in [2.05, 4.69) is 47.6 Å². The highest BCUT2D eigenvalue weighted by molar-refractivity contribution is 7.93. The molecule has 4 N–H and O–H groups in total. The van der Waals surface area contributed by atoms with Gasteiger partial charge in [-0.05, 0) is 110 Å². The zero-order valence-electron chi connectivity index (χ0n) is 25.7. The van der Waals surface area contributed by atoms with E-state index in [4.69, 9.17) is 0 Å². The second-order valence-electron chi connectivity index (χ2n) is 15.3. The summed E-state index contributed by atoms with van der Waals surface area (Å²) in [7, 11) is -3.47. The Morgan fingerprint density at radius 1 is 0.976 bits per heavy atom. The molecule has 5 saturated carbocycles. The molecule has 41 heavy (non-hydrogen) atoms. The first-order valence-electron chi connectivity index (χ1n) is 16.8. The molecule has 1 aromatic rings. The summed E-state index contributed by atoms with van der Waals surface area (Å²) in [5, 5.41) is 29.4. The van der Waals surface area contributed by atoms with Crippen molar-refractivity contribution in [1.82, 2.24) is 15.2 Å². The lowest BCUT2D eigenvalue weighted by Crippen LogP contribution is -2.62. The third-order valence-corrected chi connectivity index (χ3v) is 15.2. The van der Waals surface area contributed by atoms with Crippen molar-refractivity contribution in [3.63, 3.8) is 0 Å². The van der Waals surface area contributed by atoms with Crippen LogP contribution in [0.4, 0.5) is 5.95 Å². The number of aromatic amines is 1. The lowest BCUT2D eigenvalue weighted by molar-refractivity contribution is -0.203. The van der Waals surface area contributed by atoms with E-state index in [1.807, 2.05) is 0 Å². The van der Waals surface area contributed by atoms with Gasteiger partial charge in [-0.3, -0.25) is 5.10 Å². The van der Waals surface area contributed by atoms with Crippen molar-refractivity contribution < 1.29 is 18.6 Å². The predicted octanol–water partition coefficient (Wildman–Crippen LogP) is 5.68. The number of hydrogen-bond acceptors (Lipinski definition) is 6. The Hall–Kier alpha value is -1.19. The van der Waals surface area contributed by atoms with Gasteiger partial charge in [-0.15, -0.1) is 5.10 Å². The van der Waals surface area contributed by atoms with Crippen LogP contribution in [0.3, 0.4) is 0 Å². The molecular weight excluding hydrogens is 536 g/mol. The molecule has 0 amide bonds. The molecule has 9 heteroatoms. The van der Waals surface area contributed by atoms with Gasteiger partial charge in [-0.1, -0.05) is 53.4 Å². The van der Waals surface area contributed by atoms with E-state index in [0.717, 1.165) is 57.2 Å². The molecule has 8 nitrogen and oxygen atoms in total. The quantitative estimate of drug-likeness (QED) is 0.323. The van der Waals surface area contributed by atoms with Crippen LogP contribution < -0.4 is 4.72 Å². The first-order valence-corrected chi connectivity index (χ1v) is 18.3. The number of anilines is 1. The second-order valence-corrected chi connectivity index (χ2v) is 17.3. The van der Waals surface area contributed by atoms with E-state index in [9.17, 15) is 18.6 Å². The number of fused-ring (bicyclic) bond motifs is 5. The van der Waals surface area contributed by atoms with Crippen LogP contribution in [-0.4, -0.2) is 51.3 Å². The maximum Gasteiger partial charge on any atom is 0.255 e. The van der Waals surface area contributed by atoms with Gasteiger partial charge in [0.25, 0.3) is 5.95 Å². The van der Waals surface area contributed by atoms with E-state index >= 15 is 0 Å². The number of aliphatic hydroxyl groups is 2. The number of nitrogens with zero attached hydrogens (tertiary/aromatic N) is 2. The molecule has 0 aliphatic heterocycles. The fraction of sp³-hybridized carbons (Fsp3) is 0.938. The summed E-state index contributed by atoms with van der Waals surface area (Å²) in [6, 6.07) is 0. The first-order chi connectivity index (χ1) is 19.5. The first kappa shape index (κ1) is 29.9. The molecule has 0 aromatic carbocycles. The van der Waals surface area contributed by atoms with Gasteiger partial charge in [0.2, 0.25) is 10.0 Å². The number of rotatable bonds is 7. The van der Waals surface area contributed by atoms with E-state index in [1.54, 1.807) is 0 Å². The van der Waals surface area contributed by atoms with E-state index in [1.165, 1.54) is 25.7 Å². The minimum absolute atomic E-state index is 0.171. The van der Waals surface area contributed by atoms with Gasteiger partial charge in [-0.2, -0.15) is 4.98 Å². The zero-order valence-corrected chi connectivity index (χ0v) is 26.5. The third-order valence-electron chi connectivity index (χ3n) is 13.4. The minimum atomic E-state index is -3.47. The Kier molecular flexibility index (Phi) is 8.06. The van der Waals surface area contributed by atoms with Crippen LogP contribution in [0.1, 0.15) is 117 Å². The Morgan fingerprint density at radius 2 is 1.68 bits per heavy atom. The molecule has 232 valence electrons. The Balaban J connectivity index is 1.16. The lowest BCUT2D eigenvalue weighted by Gasteiger charge is -2.64. The normalized spacial score (nSPS) is 44.0. The lowest BCUT2D eigenvalue weighted by atomic mass is 9.41. The molecule has 5 fully saturated rings. The van der Waals surface area contributed by atoms with Gasteiger partial charge >= 0.3 is 0 Å². The molecule has 0 saturated heterocycles. The minimum Gasteiger partial charge on any atom is -0.393 e. The SMILES string of the molecule is CC[C@H]1[C@@H](O)[C@@H]2[C@H](CC[C@]3(C)[C@@H]([C@H](C)Cc4nc(NS(=O)(=O)C5CCCCC5)n[nH]4)CC[C@@H]23)[C@@]2(C)CC[C@@H](O)C[C@@H]12. The summed E-state index contributed by atoms with van der Waals surface area (Å²) in [4.78, 5) is 4.57. The number of sulfonamides is 1. The van der Waals surface area contributed by atoms with Gasteiger partial charge in [0.1, 0.15) is 5.82 Å². The Bertz CT molecular complexity index is 1180. The smallest absolute Gasteiger partial charge is 0.255 e. The highest BCUT2D eigenvalue weighted by Gasteiger charge is 2.64. The van der Waals surface area contributed by atoms with Crippen molar-refractivity contribution in [3.05, 3.63) is 5.82 Å². The van der Waals surface area contributed by atoms with Crippen LogP contribution >= 0.6 is 0 Å². The van der Waals surface area contributed by atoms with Gasteiger partial charge < -0.3 is 10.2 Å². The number of aromatic nitrogens is 3. The second kappa shape index (κ2) is 11.1. The molecule has 0 unspecified atom stereocenters. The van der Waals surface area contributed by atoms with Crippen LogP contribution in [0, 0.1) is 52.3 Å². The number of nitrogens with one attached hydrogen (secondary N) is 2. The summed E-state index contributed by atoms with van der Waals surface area (Å²) in [6.45, 7) is 9.55. The predicted molar refractivity (Wildman–Crippen MR) is 160 cm³/mol. The molecule has 5 aliphatic carbocycles. The zero-order chi connectivity index (χ0) is 29.2. The van der Waals surface area contributed by atoms with Gasteiger partial charge in [0.05, 0.1) is 17.5 Å². The molecule has 0 bridgehead atoms. The Labute approximate surface area is 247 Å². The van der Waals surface area contributed by atoms with Gasteiger partial charge in [-0.25, -0.2) is 13.1 Å². The van der Waals surface area contributed by atoms with Crippen LogP contribution in [0.5, 0.6) is 0 Å². The van der Waals surface area contributed by atoms with Crippen molar-refractivity contribution in [2.24, 2.45) is 52.3 Å². The van der Waals surface area contributed by atoms with Crippen LogP contribution in [0.2, 0.25) is 0 Å². The van der Waals surface area contributed by atoms with E-state index < -0.39 is 10.0 Å². The van der Waals surface area contributed by atoms with Crippen LogP contribution in [0.15, 0.2) is 0 Å². The average molecular weight is 591 g/mol. The molecule has 11 atom stereocenters. The number of H-pyrrole nitrogens is 1. The number of hydrogen-bond donors (Lipinski definition) is 4. The maximum atomic E-state index is 12.9. The summed E-state index contributed by atoms with van der Waals surface area (Å²) in [5.74, 6) is 3.95. The summed E-state index contributed by atoms with van der Waals surface area (Å²) < 4.78 is 28.4. The molecular formula is C32H54N4O4S. The summed E-state index contributed by atoms with van der Waals surface area (Å²) in [6.07, 6.45) is 13.3. The largest absolute Gasteiger partial charge is 0.393 e. The highest BCUT2D eigenvalue weighted by Crippen LogP contribution is 2.69. The summed E-state index contributed by atoms with van der Waals surface area (Å²) >= 11 is 0. The van der Waals surface area contributed by atoms with Crippen LogP contribution in [0.25, 0.3) is 0 Å². The fourth-order valence-corrected chi connectivity index (χ4v) is 12.9.